The van der Waals surface area contributed by atoms with E-state index in [1.165, 1.54) is 56.1 Å². The van der Waals surface area contributed by atoms with E-state index in [0.29, 0.717) is 30.6 Å². The SMILES string of the molecule is C=C1/C(=C\C=C2/CCC[C@]3(C)[C@@H]([C@H](C)/C=C/[C@@H](O)C4(c5cc(CCCCC)co5)CC4)CC[C@@H]23)C[C@@H](O)C[C@@H]1O. The third-order valence-corrected chi connectivity index (χ3v) is 11.1. The van der Waals surface area contributed by atoms with Crippen LogP contribution in [0.3, 0.4) is 0 Å². The molecule has 40 heavy (non-hydrogen) atoms. The molecule has 1 aromatic heterocycles. The van der Waals surface area contributed by atoms with Crippen LogP contribution in [0.4, 0.5) is 0 Å². The molecule has 4 fully saturated rings. The first-order valence-corrected chi connectivity index (χ1v) is 16.1. The van der Waals surface area contributed by atoms with Crippen LogP contribution >= 0.6 is 0 Å². The average molecular weight is 549 g/mol. The first kappa shape index (κ1) is 29.6. The largest absolute Gasteiger partial charge is 0.468 e. The molecule has 0 spiro atoms. The predicted octanol–water partition coefficient (Wildman–Crippen LogP) is 7.74. The summed E-state index contributed by atoms with van der Waals surface area (Å²) < 4.78 is 6.00. The second kappa shape index (κ2) is 12.2. The van der Waals surface area contributed by atoms with E-state index in [0.717, 1.165) is 42.6 Å². The lowest BCUT2D eigenvalue weighted by atomic mass is 9.61. The fraction of sp³-hybridized carbons (Fsp3) is 0.667. The second-order valence-electron chi connectivity index (χ2n) is 13.8. The highest BCUT2D eigenvalue weighted by Gasteiger charge is 2.53. The van der Waals surface area contributed by atoms with E-state index in [-0.39, 0.29) is 10.8 Å². The fourth-order valence-corrected chi connectivity index (χ4v) is 8.38. The molecule has 4 nitrogen and oxygen atoms in total. The molecular formula is C36H52O4. The molecule has 220 valence electrons. The standard InChI is InChI=1S/C36H52O4/c1-5-6-7-9-26-20-34(40-23-26)36(18-19-36)33(39)16-11-24(2)30-14-15-31-27(10-8-17-35(30,31)4)12-13-28-21-29(37)22-32(38)25(28)3/h11-13,16,20,23-24,29-33,37-39H,3,5-10,14-15,17-19,21-22H2,1-2,4H3/b16-11+,27-12+,28-13-/t24-,29-,30-,31+,32+,33-,35-/m1/s1. The Bertz CT molecular complexity index is 1130. The molecular weight excluding hydrogens is 496 g/mol. The van der Waals surface area contributed by atoms with Gasteiger partial charge >= 0.3 is 0 Å². The summed E-state index contributed by atoms with van der Waals surface area (Å²) in [7, 11) is 0. The van der Waals surface area contributed by atoms with Gasteiger partial charge in [-0.25, -0.2) is 0 Å². The number of aliphatic hydroxyl groups is 3. The summed E-state index contributed by atoms with van der Waals surface area (Å²) in [4.78, 5) is 0. The molecule has 4 heteroatoms. The molecule has 1 aromatic rings. The van der Waals surface area contributed by atoms with Crippen LogP contribution in [-0.2, 0) is 11.8 Å². The number of unbranched alkanes of at least 4 members (excludes halogenated alkanes) is 2. The van der Waals surface area contributed by atoms with Crippen molar-refractivity contribution in [2.45, 2.75) is 128 Å². The summed E-state index contributed by atoms with van der Waals surface area (Å²) >= 11 is 0. The van der Waals surface area contributed by atoms with Crippen LogP contribution in [0.15, 0.2) is 64.3 Å². The van der Waals surface area contributed by atoms with Gasteiger partial charge in [0.1, 0.15) is 5.76 Å². The van der Waals surface area contributed by atoms with E-state index in [1.54, 1.807) is 0 Å². The fourth-order valence-electron chi connectivity index (χ4n) is 8.38. The lowest BCUT2D eigenvalue weighted by Crippen LogP contribution is -2.35. The number of aryl methyl sites for hydroxylation is 1. The average Bonchev–Trinajstić information content (AvgIpc) is 3.46. The van der Waals surface area contributed by atoms with Crippen molar-refractivity contribution in [3.8, 4) is 0 Å². The first-order valence-electron chi connectivity index (χ1n) is 16.1. The molecule has 0 unspecified atom stereocenters. The molecule has 0 amide bonds. The van der Waals surface area contributed by atoms with Gasteiger partial charge in [0.2, 0.25) is 0 Å². The van der Waals surface area contributed by atoms with Crippen molar-refractivity contribution >= 4 is 0 Å². The minimum absolute atomic E-state index is 0.236. The van der Waals surface area contributed by atoms with Crippen LogP contribution in [-0.4, -0.2) is 33.6 Å². The van der Waals surface area contributed by atoms with Crippen LogP contribution in [0.25, 0.3) is 0 Å². The minimum Gasteiger partial charge on any atom is -0.468 e. The molecule has 0 radical (unpaired) electrons. The number of rotatable bonds is 10. The van der Waals surface area contributed by atoms with Gasteiger partial charge in [0, 0.05) is 6.42 Å². The lowest BCUT2D eigenvalue weighted by Gasteiger charge is -2.44. The van der Waals surface area contributed by atoms with E-state index in [4.69, 9.17) is 4.42 Å². The van der Waals surface area contributed by atoms with Crippen molar-refractivity contribution in [2.75, 3.05) is 0 Å². The Balaban J connectivity index is 1.24. The Hall–Kier alpha value is -1.88. The summed E-state index contributed by atoms with van der Waals surface area (Å²) in [6.45, 7) is 11.2. The summed E-state index contributed by atoms with van der Waals surface area (Å²) in [5, 5.41) is 31.7. The van der Waals surface area contributed by atoms with E-state index >= 15 is 0 Å². The molecule has 7 atom stereocenters. The number of furan rings is 1. The summed E-state index contributed by atoms with van der Waals surface area (Å²) in [5.41, 5.74) is 4.56. The Labute approximate surface area is 242 Å². The number of allylic oxidation sites excluding steroid dienone is 4. The highest BCUT2D eigenvalue weighted by Crippen LogP contribution is 2.60. The first-order chi connectivity index (χ1) is 19.2. The van der Waals surface area contributed by atoms with Crippen molar-refractivity contribution in [1.82, 2.24) is 0 Å². The quantitative estimate of drug-likeness (QED) is 0.207. The molecule has 0 saturated heterocycles. The van der Waals surface area contributed by atoms with E-state index in [2.05, 4.69) is 57.7 Å². The van der Waals surface area contributed by atoms with Gasteiger partial charge in [-0.1, -0.05) is 70.1 Å². The van der Waals surface area contributed by atoms with Gasteiger partial charge in [-0.05, 0) is 110 Å². The Morgan fingerprint density at radius 3 is 2.67 bits per heavy atom. The maximum Gasteiger partial charge on any atom is 0.113 e. The van der Waals surface area contributed by atoms with Crippen molar-refractivity contribution < 1.29 is 19.7 Å². The third kappa shape index (κ3) is 5.87. The molecule has 5 rings (SSSR count). The smallest absolute Gasteiger partial charge is 0.113 e. The zero-order valence-corrected chi connectivity index (χ0v) is 25.1. The van der Waals surface area contributed by atoms with Crippen LogP contribution in [0.2, 0.25) is 0 Å². The molecule has 4 saturated carbocycles. The molecule has 1 heterocycles. The van der Waals surface area contributed by atoms with Gasteiger partial charge in [-0.3, -0.25) is 0 Å². The van der Waals surface area contributed by atoms with Crippen LogP contribution in [0.1, 0.15) is 109 Å². The van der Waals surface area contributed by atoms with Gasteiger partial charge in [-0.2, -0.15) is 0 Å². The van der Waals surface area contributed by atoms with Crippen LogP contribution in [0.5, 0.6) is 0 Å². The monoisotopic (exact) mass is 548 g/mol. The maximum atomic E-state index is 11.3. The number of aliphatic hydroxyl groups excluding tert-OH is 3. The zero-order valence-electron chi connectivity index (χ0n) is 25.1. The minimum atomic E-state index is -0.640. The van der Waals surface area contributed by atoms with Gasteiger partial charge in [-0.15, -0.1) is 0 Å². The van der Waals surface area contributed by atoms with Crippen molar-refractivity contribution in [3.05, 3.63) is 71.3 Å². The Kier molecular flexibility index (Phi) is 9.00. The summed E-state index contributed by atoms with van der Waals surface area (Å²) in [5.74, 6) is 2.53. The van der Waals surface area contributed by atoms with Crippen molar-refractivity contribution in [3.63, 3.8) is 0 Å². The molecule has 4 aliphatic carbocycles. The molecule has 0 aliphatic heterocycles. The predicted molar refractivity (Wildman–Crippen MR) is 162 cm³/mol. The molecule has 0 bridgehead atoms. The molecule has 3 N–H and O–H groups in total. The van der Waals surface area contributed by atoms with Gasteiger partial charge in [0.05, 0.1) is 30.0 Å². The highest BCUT2D eigenvalue weighted by atomic mass is 16.3. The zero-order chi connectivity index (χ0) is 28.5. The Morgan fingerprint density at radius 1 is 1.12 bits per heavy atom. The lowest BCUT2D eigenvalue weighted by molar-refractivity contribution is 0.0862. The topological polar surface area (TPSA) is 73.8 Å². The van der Waals surface area contributed by atoms with Crippen molar-refractivity contribution in [2.24, 2.45) is 23.2 Å². The van der Waals surface area contributed by atoms with Gasteiger partial charge in [0.15, 0.2) is 0 Å². The normalized spacial score (nSPS) is 35.4. The number of hydrogen-bond donors (Lipinski definition) is 3. The third-order valence-electron chi connectivity index (χ3n) is 11.1. The second-order valence-corrected chi connectivity index (χ2v) is 13.8. The van der Waals surface area contributed by atoms with Gasteiger partial charge in [0.25, 0.3) is 0 Å². The summed E-state index contributed by atoms with van der Waals surface area (Å²) in [6, 6.07) is 2.20. The van der Waals surface area contributed by atoms with E-state index in [9.17, 15) is 15.3 Å². The number of fused-ring (bicyclic) bond motifs is 1. The summed E-state index contributed by atoms with van der Waals surface area (Å²) in [6.07, 6.45) is 22.7. The van der Waals surface area contributed by atoms with Crippen LogP contribution in [0, 0.1) is 23.2 Å². The maximum absolute atomic E-state index is 11.3. The molecule has 4 aliphatic rings. The number of hydrogen-bond acceptors (Lipinski definition) is 4. The molecule has 0 aromatic carbocycles. The van der Waals surface area contributed by atoms with Crippen molar-refractivity contribution in [1.29, 1.82) is 0 Å². The van der Waals surface area contributed by atoms with E-state index < -0.39 is 18.3 Å². The van der Waals surface area contributed by atoms with Gasteiger partial charge < -0.3 is 19.7 Å². The highest BCUT2D eigenvalue weighted by molar-refractivity contribution is 5.39. The Morgan fingerprint density at radius 2 is 1.93 bits per heavy atom. The van der Waals surface area contributed by atoms with E-state index in [1.807, 2.05) is 6.26 Å². The van der Waals surface area contributed by atoms with Crippen LogP contribution < -0.4 is 0 Å².